The highest BCUT2D eigenvalue weighted by atomic mass is 19.4. The van der Waals surface area contributed by atoms with Gasteiger partial charge in [0, 0.05) is 13.6 Å². The molecule has 0 fully saturated rings. The lowest BCUT2D eigenvalue weighted by molar-refractivity contribution is -0.274. The van der Waals surface area contributed by atoms with Gasteiger partial charge in [0.15, 0.2) is 11.5 Å². The van der Waals surface area contributed by atoms with Crippen LogP contribution in [0.1, 0.15) is 11.3 Å². The number of anilines is 1. The summed E-state index contributed by atoms with van der Waals surface area (Å²) in [5, 5.41) is 16.3. The van der Waals surface area contributed by atoms with Crippen molar-refractivity contribution in [1.82, 2.24) is 10.2 Å². The molecule has 22 heavy (non-hydrogen) atoms. The Morgan fingerprint density at radius 2 is 1.82 bits per heavy atom. The lowest BCUT2D eigenvalue weighted by Gasteiger charge is -2.17. The first-order valence-corrected chi connectivity index (χ1v) is 6.17. The van der Waals surface area contributed by atoms with Gasteiger partial charge in [0.25, 0.3) is 0 Å². The van der Waals surface area contributed by atoms with Gasteiger partial charge in [-0.1, -0.05) is 12.1 Å². The van der Waals surface area contributed by atoms with E-state index in [-0.39, 0.29) is 11.4 Å². The SMILES string of the molecule is CN(Cc1ccc(OC(F)(F)F)cc1)c1ccc(C#N)nn1. The molecule has 0 atom stereocenters. The van der Waals surface area contributed by atoms with Gasteiger partial charge in [-0.3, -0.25) is 0 Å². The summed E-state index contributed by atoms with van der Waals surface area (Å²) in [6.07, 6.45) is -4.70. The molecule has 0 unspecified atom stereocenters. The monoisotopic (exact) mass is 308 g/mol. The molecule has 0 saturated heterocycles. The van der Waals surface area contributed by atoms with E-state index in [1.54, 1.807) is 24.1 Å². The van der Waals surface area contributed by atoms with E-state index in [2.05, 4.69) is 14.9 Å². The molecular weight excluding hydrogens is 297 g/mol. The molecular formula is C14H11F3N4O. The molecule has 0 N–H and O–H groups in total. The molecule has 0 aliphatic carbocycles. The molecule has 0 saturated carbocycles. The number of benzene rings is 1. The fourth-order valence-electron chi connectivity index (χ4n) is 1.74. The van der Waals surface area contributed by atoms with Crippen molar-refractivity contribution in [3.63, 3.8) is 0 Å². The van der Waals surface area contributed by atoms with E-state index in [4.69, 9.17) is 5.26 Å². The van der Waals surface area contributed by atoms with Gasteiger partial charge in [-0.25, -0.2) is 0 Å². The van der Waals surface area contributed by atoms with Crippen LogP contribution in [-0.4, -0.2) is 23.6 Å². The van der Waals surface area contributed by atoms with Gasteiger partial charge in [-0.15, -0.1) is 23.4 Å². The van der Waals surface area contributed by atoms with Gasteiger partial charge < -0.3 is 9.64 Å². The van der Waals surface area contributed by atoms with Gasteiger partial charge in [0.2, 0.25) is 0 Å². The second kappa shape index (κ2) is 6.30. The quantitative estimate of drug-likeness (QED) is 0.869. The van der Waals surface area contributed by atoms with E-state index < -0.39 is 6.36 Å². The summed E-state index contributed by atoms with van der Waals surface area (Å²) in [5.74, 6) is 0.284. The van der Waals surface area contributed by atoms with Crippen LogP contribution in [0.2, 0.25) is 0 Å². The molecule has 5 nitrogen and oxygen atoms in total. The smallest absolute Gasteiger partial charge is 0.406 e. The molecule has 2 rings (SSSR count). The Bertz CT molecular complexity index is 662. The number of rotatable bonds is 4. The topological polar surface area (TPSA) is 62.0 Å². The molecule has 0 bridgehead atoms. The van der Waals surface area contributed by atoms with Crippen molar-refractivity contribution in [2.75, 3.05) is 11.9 Å². The average Bonchev–Trinajstić information content (AvgIpc) is 2.48. The molecule has 2 aromatic rings. The fraction of sp³-hybridized carbons (Fsp3) is 0.214. The maximum absolute atomic E-state index is 12.1. The van der Waals surface area contributed by atoms with Crippen LogP contribution in [0.15, 0.2) is 36.4 Å². The van der Waals surface area contributed by atoms with Crippen LogP contribution >= 0.6 is 0 Å². The van der Waals surface area contributed by atoms with E-state index >= 15 is 0 Å². The molecule has 0 amide bonds. The Morgan fingerprint density at radius 1 is 1.14 bits per heavy atom. The van der Waals surface area contributed by atoms with Crippen molar-refractivity contribution in [2.24, 2.45) is 0 Å². The van der Waals surface area contributed by atoms with Gasteiger partial charge in [0.1, 0.15) is 11.8 Å². The molecule has 8 heteroatoms. The predicted octanol–water partition coefficient (Wildman–Crippen LogP) is 2.88. The summed E-state index contributed by atoms with van der Waals surface area (Å²) in [6, 6.07) is 10.6. The summed E-state index contributed by atoms with van der Waals surface area (Å²) in [6.45, 7) is 0.423. The molecule has 0 aliphatic rings. The first-order valence-electron chi connectivity index (χ1n) is 6.17. The number of aromatic nitrogens is 2. The number of hydrogen-bond donors (Lipinski definition) is 0. The number of ether oxygens (including phenoxy) is 1. The van der Waals surface area contributed by atoms with E-state index in [0.717, 1.165) is 5.56 Å². The molecule has 114 valence electrons. The third-order valence-electron chi connectivity index (χ3n) is 2.73. The Balaban J connectivity index is 2.02. The Labute approximate surface area is 124 Å². The lowest BCUT2D eigenvalue weighted by atomic mass is 10.2. The minimum Gasteiger partial charge on any atom is -0.406 e. The second-order valence-corrected chi connectivity index (χ2v) is 4.44. The molecule has 1 heterocycles. The summed E-state index contributed by atoms with van der Waals surface area (Å²) in [5.41, 5.74) is 0.994. The van der Waals surface area contributed by atoms with E-state index in [0.29, 0.717) is 12.4 Å². The molecule has 0 spiro atoms. The number of hydrogen-bond acceptors (Lipinski definition) is 5. The zero-order chi connectivity index (χ0) is 16.2. The molecule has 0 aliphatic heterocycles. The average molecular weight is 308 g/mol. The Morgan fingerprint density at radius 3 is 2.32 bits per heavy atom. The van der Waals surface area contributed by atoms with E-state index in [1.807, 2.05) is 6.07 Å². The van der Waals surface area contributed by atoms with Gasteiger partial charge >= 0.3 is 6.36 Å². The number of halogens is 3. The summed E-state index contributed by atoms with van der Waals surface area (Å²) >= 11 is 0. The van der Waals surface area contributed by atoms with Crippen LogP contribution in [0.25, 0.3) is 0 Å². The van der Waals surface area contributed by atoms with E-state index in [1.165, 1.54) is 24.3 Å². The predicted molar refractivity (Wildman–Crippen MR) is 72.0 cm³/mol. The summed E-state index contributed by atoms with van der Waals surface area (Å²) in [7, 11) is 1.76. The number of alkyl halides is 3. The standard InChI is InChI=1S/C14H11F3N4O/c1-21(13-7-4-11(8-18)19-20-13)9-10-2-5-12(6-3-10)22-14(15,16)17/h2-7H,9H2,1H3. The molecule has 0 radical (unpaired) electrons. The van der Waals surface area contributed by atoms with Crippen molar-refractivity contribution in [3.8, 4) is 11.8 Å². The first-order chi connectivity index (χ1) is 10.4. The normalized spacial score (nSPS) is 10.9. The number of nitrogens with zero attached hydrogens (tertiary/aromatic N) is 4. The maximum Gasteiger partial charge on any atom is 0.573 e. The lowest BCUT2D eigenvalue weighted by Crippen LogP contribution is -2.19. The zero-order valence-electron chi connectivity index (χ0n) is 11.5. The molecule has 1 aromatic carbocycles. The highest BCUT2D eigenvalue weighted by molar-refractivity contribution is 5.39. The fourth-order valence-corrected chi connectivity index (χ4v) is 1.74. The highest BCUT2D eigenvalue weighted by Gasteiger charge is 2.30. The van der Waals surface area contributed by atoms with Crippen LogP contribution in [0.3, 0.4) is 0 Å². The van der Waals surface area contributed by atoms with Crippen molar-refractivity contribution in [2.45, 2.75) is 12.9 Å². The minimum atomic E-state index is -4.70. The van der Waals surface area contributed by atoms with Crippen molar-refractivity contribution >= 4 is 5.82 Å². The Hall–Kier alpha value is -2.82. The van der Waals surface area contributed by atoms with Crippen LogP contribution in [-0.2, 0) is 6.54 Å². The van der Waals surface area contributed by atoms with Crippen LogP contribution in [0.4, 0.5) is 19.0 Å². The number of nitriles is 1. The zero-order valence-corrected chi connectivity index (χ0v) is 11.5. The van der Waals surface area contributed by atoms with E-state index in [9.17, 15) is 13.2 Å². The summed E-state index contributed by atoms with van der Waals surface area (Å²) in [4.78, 5) is 1.76. The highest BCUT2D eigenvalue weighted by Crippen LogP contribution is 2.23. The Kier molecular flexibility index (Phi) is 4.46. The van der Waals surface area contributed by atoms with Crippen molar-refractivity contribution < 1.29 is 17.9 Å². The van der Waals surface area contributed by atoms with Gasteiger partial charge in [0.05, 0.1) is 0 Å². The molecule has 1 aromatic heterocycles. The first kappa shape index (κ1) is 15.6. The maximum atomic E-state index is 12.1. The third-order valence-corrected chi connectivity index (χ3v) is 2.73. The van der Waals surface area contributed by atoms with Gasteiger partial charge in [-0.05, 0) is 29.8 Å². The van der Waals surface area contributed by atoms with Crippen molar-refractivity contribution in [3.05, 3.63) is 47.7 Å². The second-order valence-electron chi connectivity index (χ2n) is 4.44. The van der Waals surface area contributed by atoms with Gasteiger partial charge in [-0.2, -0.15) is 5.26 Å². The largest absolute Gasteiger partial charge is 0.573 e. The van der Waals surface area contributed by atoms with Crippen LogP contribution in [0, 0.1) is 11.3 Å². The summed E-state index contributed by atoms with van der Waals surface area (Å²) < 4.78 is 40.0. The van der Waals surface area contributed by atoms with Crippen molar-refractivity contribution in [1.29, 1.82) is 5.26 Å². The third kappa shape index (κ3) is 4.34. The minimum absolute atomic E-state index is 0.214. The van der Waals surface area contributed by atoms with Crippen LogP contribution < -0.4 is 9.64 Å². The van der Waals surface area contributed by atoms with Crippen LogP contribution in [0.5, 0.6) is 5.75 Å².